The normalized spacial score (nSPS) is 26.2. The average Bonchev–Trinajstić information content (AvgIpc) is 2.97. The summed E-state index contributed by atoms with van der Waals surface area (Å²) >= 11 is 0. The zero-order valence-corrected chi connectivity index (χ0v) is 11.8. The SMILES string of the molecule is CC(C)(C)OC(=O)N1CCC(CC(N)C2CC2)C1. The quantitative estimate of drug-likeness (QED) is 0.841. The van der Waals surface area contributed by atoms with E-state index in [4.69, 9.17) is 10.5 Å². The minimum absolute atomic E-state index is 0.176. The molecule has 0 radical (unpaired) electrons. The van der Waals surface area contributed by atoms with Crippen LogP contribution in [0.5, 0.6) is 0 Å². The molecule has 0 spiro atoms. The number of nitrogens with two attached hydrogens (primary N) is 1. The van der Waals surface area contributed by atoms with Crippen LogP contribution in [0.1, 0.15) is 46.5 Å². The van der Waals surface area contributed by atoms with Gasteiger partial charge < -0.3 is 15.4 Å². The highest BCUT2D eigenvalue weighted by Gasteiger charge is 2.34. The van der Waals surface area contributed by atoms with Crippen molar-refractivity contribution < 1.29 is 9.53 Å². The molecule has 2 aliphatic rings. The number of nitrogens with zero attached hydrogens (tertiary/aromatic N) is 1. The lowest BCUT2D eigenvalue weighted by Crippen LogP contribution is -2.35. The van der Waals surface area contributed by atoms with Crippen molar-refractivity contribution in [3.8, 4) is 0 Å². The molecule has 1 saturated heterocycles. The first-order valence-corrected chi connectivity index (χ1v) is 7.08. The molecule has 2 N–H and O–H groups in total. The Hall–Kier alpha value is -0.770. The summed E-state index contributed by atoms with van der Waals surface area (Å²) in [4.78, 5) is 13.7. The molecule has 1 saturated carbocycles. The van der Waals surface area contributed by atoms with Gasteiger partial charge in [-0.3, -0.25) is 0 Å². The molecule has 0 aromatic heterocycles. The Morgan fingerprint density at radius 3 is 2.61 bits per heavy atom. The number of carbonyl (C=O) groups is 1. The summed E-state index contributed by atoms with van der Waals surface area (Å²) in [5, 5.41) is 0. The van der Waals surface area contributed by atoms with Crippen LogP contribution < -0.4 is 5.73 Å². The second-order valence-electron chi connectivity index (χ2n) is 6.82. The zero-order valence-electron chi connectivity index (χ0n) is 11.8. The van der Waals surface area contributed by atoms with E-state index in [2.05, 4.69) is 0 Å². The van der Waals surface area contributed by atoms with E-state index in [-0.39, 0.29) is 6.09 Å². The molecule has 4 heteroatoms. The number of rotatable bonds is 3. The standard InChI is InChI=1S/C14H26N2O2/c1-14(2,3)18-13(17)16-7-6-10(9-16)8-12(15)11-4-5-11/h10-12H,4-9,15H2,1-3H3. The van der Waals surface area contributed by atoms with Crippen molar-refractivity contribution in [3.63, 3.8) is 0 Å². The molecule has 1 amide bonds. The van der Waals surface area contributed by atoms with Crippen LogP contribution in [0.2, 0.25) is 0 Å². The average molecular weight is 254 g/mol. The van der Waals surface area contributed by atoms with E-state index in [0.29, 0.717) is 12.0 Å². The maximum atomic E-state index is 11.9. The monoisotopic (exact) mass is 254 g/mol. The van der Waals surface area contributed by atoms with E-state index in [1.807, 2.05) is 25.7 Å². The van der Waals surface area contributed by atoms with Crippen LogP contribution in [0.3, 0.4) is 0 Å². The third-order valence-corrected chi connectivity index (χ3v) is 3.77. The predicted molar refractivity (Wildman–Crippen MR) is 71.2 cm³/mol. The van der Waals surface area contributed by atoms with E-state index < -0.39 is 5.60 Å². The molecule has 4 nitrogen and oxygen atoms in total. The summed E-state index contributed by atoms with van der Waals surface area (Å²) in [6.45, 7) is 7.34. The number of ether oxygens (including phenoxy) is 1. The molecule has 2 fully saturated rings. The molecule has 1 aliphatic heterocycles. The number of hydrogen-bond donors (Lipinski definition) is 1. The Morgan fingerprint density at radius 1 is 1.39 bits per heavy atom. The number of likely N-dealkylation sites (tertiary alicyclic amines) is 1. The summed E-state index contributed by atoms with van der Waals surface area (Å²) in [5.41, 5.74) is 5.74. The van der Waals surface area contributed by atoms with Gasteiger partial charge in [0.25, 0.3) is 0 Å². The Morgan fingerprint density at radius 2 is 2.06 bits per heavy atom. The molecule has 0 aromatic rings. The smallest absolute Gasteiger partial charge is 0.410 e. The molecule has 1 aliphatic carbocycles. The number of hydrogen-bond acceptors (Lipinski definition) is 3. The third kappa shape index (κ3) is 3.87. The van der Waals surface area contributed by atoms with Crippen LogP contribution in [0.15, 0.2) is 0 Å². The molecule has 0 aromatic carbocycles. The van der Waals surface area contributed by atoms with Gasteiger partial charge in [-0.2, -0.15) is 0 Å². The van der Waals surface area contributed by atoms with Gasteiger partial charge in [0.05, 0.1) is 0 Å². The first-order valence-electron chi connectivity index (χ1n) is 7.08. The second-order valence-corrected chi connectivity index (χ2v) is 6.82. The first kappa shape index (κ1) is 13.7. The highest BCUT2D eigenvalue weighted by Crippen LogP contribution is 2.35. The van der Waals surface area contributed by atoms with Crippen LogP contribution in [0.25, 0.3) is 0 Å². The van der Waals surface area contributed by atoms with Crippen molar-refractivity contribution in [1.82, 2.24) is 4.90 Å². The van der Waals surface area contributed by atoms with E-state index in [0.717, 1.165) is 31.8 Å². The lowest BCUT2D eigenvalue weighted by atomic mass is 9.97. The second kappa shape index (κ2) is 5.08. The summed E-state index contributed by atoms with van der Waals surface area (Å²) < 4.78 is 5.39. The number of carbonyl (C=O) groups excluding carboxylic acids is 1. The summed E-state index contributed by atoms with van der Waals surface area (Å²) in [6.07, 6.45) is 4.54. The Labute approximate surface area is 110 Å². The van der Waals surface area contributed by atoms with Crippen molar-refractivity contribution in [2.24, 2.45) is 17.6 Å². The largest absolute Gasteiger partial charge is 0.444 e. The van der Waals surface area contributed by atoms with Crippen molar-refractivity contribution in [3.05, 3.63) is 0 Å². The van der Waals surface area contributed by atoms with Gasteiger partial charge >= 0.3 is 6.09 Å². The molecule has 2 rings (SSSR count). The van der Waals surface area contributed by atoms with E-state index in [1.165, 1.54) is 12.8 Å². The highest BCUT2D eigenvalue weighted by molar-refractivity contribution is 5.68. The van der Waals surface area contributed by atoms with Gasteiger partial charge in [0.1, 0.15) is 5.60 Å². The van der Waals surface area contributed by atoms with Gasteiger partial charge in [0, 0.05) is 19.1 Å². The van der Waals surface area contributed by atoms with Crippen LogP contribution in [0.4, 0.5) is 4.79 Å². The van der Waals surface area contributed by atoms with Crippen molar-refractivity contribution in [1.29, 1.82) is 0 Å². The molecule has 2 atom stereocenters. The Balaban J connectivity index is 1.75. The molecule has 0 bridgehead atoms. The van der Waals surface area contributed by atoms with Crippen LogP contribution in [0, 0.1) is 11.8 Å². The fourth-order valence-electron chi connectivity index (χ4n) is 2.62. The Kier molecular flexibility index (Phi) is 3.85. The maximum Gasteiger partial charge on any atom is 0.410 e. The van der Waals surface area contributed by atoms with Gasteiger partial charge in [-0.05, 0) is 58.3 Å². The van der Waals surface area contributed by atoms with Crippen molar-refractivity contribution >= 4 is 6.09 Å². The minimum atomic E-state index is -0.403. The summed E-state index contributed by atoms with van der Waals surface area (Å²) in [5.74, 6) is 1.31. The van der Waals surface area contributed by atoms with Gasteiger partial charge in [-0.25, -0.2) is 4.79 Å². The van der Waals surface area contributed by atoms with Gasteiger partial charge in [-0.15, -0.1) is 0 Å². The molecular formula is C14H26N2O2. The molecule has 104 valence electrons. The van der Waals surface area contributed by atoms with Crippen molar-refractivity contribution in [2.75, 3.05) is 13.1 Å². The van der Waals surface area contributed by atoms with Gasteiger partial charge in [0.2, 0.25) is 0 Å². The van der Waals surface area contributed by atoms with Gasteiger partial charge in [0.15, 0.2) is 0 Å². The highest BCUT2D eigenvalue weighted by atomic mass is 16.6. The molecular weight excluding hydrogens is 228 g/mol. The van der Waals surface area contributed by atoms with Crippen LogP contribution >= 0.6 is 0 Å². The number of amides is 1. The van der Waals surface area contributed by atoms with E-state index >= 15 is 0 Å². The maximum absolute atomic E-state index is 11.9. The lowest BCUT2D eigenvalue weighted by Gasteiger charge is -2.24. The van der Waals surface area contributed by atoms with E-state index in [9.17, 15) is 4.79 Å². The Bertz CT molecular complexity index is 307. The fraction of sp³-hybridized carbons (Fsp3) is 0.929. The fourth-order valence-corrected chi connectivity index (χ4v) is 2.62. The van der Waals surface area contributed by atoms with Crippen LogP contribution in [-0.2, 0) is 4.74 Å². The van der Waals surface area contributed by atoms with Crippen molar-refractivity contribution in [2.45, 2.75) is 58.1 Å². The lowest BCUT2D eigenvalue weighted by molar-refractivity contribution is 0.0287. The third-order valence-electron chi connectivity index (χ3n) is 3.77. The van der Waals surface area contributed by atoms with E-state index in [1.54, 1.807) is 0 Å². The molecule has 1 heterocycles. The molecule has 18 heavy (non-hydrogen) atoms. The first-order chi connectivity index (χ1) is 8.35. The zero-order chi connectivity index (χ0) is 13.3. The minimum Gasteiger partial charge on any atom is -0.444 e. The summed E-state index contributed by atoms with van der Waals surface area (Å²) in [7, 11) is 0. The predicted octanol–water partition coefficient (Wildman–Crippen LogP) is 2.37. The van der Waals surface area contributed by atoms with Gasteiger partial charge in [-0.1, -0.05) is 0 Å². The topological polar surface area (TPSA) is 55.6 Å². The summed E-state index contributed by atoms with van der Waals surface area (Å²) in [6, 6.07) is 0.341. The van der Waals surface area contributed by atoms with Crippen LogP contribution in [-0.4, -0.2) is 35.7 Å². The molecule has 2 unspecified atom stereocenters.